The maximum atomic E-state index is 5.93. The van der Waals surface area contributed by atoms with Crippen molar-refractivity contribution >= 4 is 35.6 Å². The Morgan fingerprint density at radius 3 is 2.29 bits per heavy atom. The second-order valence-electron chi connectivity index (χ2n) is 9.24. The molecule has 1 aromatic carbocycles. The molecular formula is C23H37IN4O3. The molecule has 2 N–H and O–H groups in total. The predicted molar refractivity (Wildman–Crippen MR) is 135 cm³/mol. The van der Waals surface area contributed by atoms with Crippen molar-refractivity contribution in [2.45, 2.75) is 51.3 Å². The lowest BCUT2D eigenvalue weighted by molar-refractivity contribution is -0.106. The largest absolute Gasteiger partial charge is 0.497 e. The molecule has 0 bridgehead atoms. The van der Waals surface area contributed by atoms with Crippen LogP contribution in [0, 0.1) is 11.3 Å². The summed E-state index contributed by atoms with van der Waals surface area (Å²) in [6, 6.07) is 6.90. The molecule has 3 fully saturated rings. The number of fused-ring (bicyclic) bond motifs is 1. The Hall–Kier alpha value is -1.42. The monoisotopic (exact) mass is 544 g/mol. The van der Waals surface area contributed by atoms with E-state index in [1.165, 1.54) is 0 Å². The number of halogens is 1. The van der Waals surface area contributed by atoms with Gasteiger partial charge in [0, 0.05) is 74.0 Å². The maximum absolute atomic E-state index is 5.93. The topological polar surface area (TPSA) is 67.4 Å². The van der Waals surface area contributed by atoms with Crippen molar-refractivity contribution in [1.82, 2.24) is 10.6 Å². The summed E-state index contributed by atoms with van der Waals surface area (Å²) in [5.41, 5.74) is 1.30. The molecule has 4 rings (SSSR count). The fourth-order valence-corrected chi connectivity index (χ4v) is 5.39. The van der Waals surface area contributed by atoms with Crippen LogP contribution in [0.4, 0.5) is 5.69 Å². The number of aliphatic imine (C=N–C) groups is 1. The average molecular weight is 544 g/mol. The van der Waals surface area contributed by atoms with Gasteiger partial charge < -0.3 is 29.7 Å². The molecular weight excluding hydrogens is 507 g/mol. The molecule has 7 nitrogen and oxygen atoms in total. The molecule has 2 heterocycles. The average Bonchev–Trinajstić information content (AvgIpc) is 3.23. The second kappa shape index (κ2) is 10.0. The molecule has 0 amide bonds. The van der Waals surface area contributed by atoms with E-state index < -0.39 is 0 Å². The fraction of sp³-hybridized carbons (Fsp3) is 0.696. The van der Waals surface area contributed by atoms with Crippen LogP contribution in [0.3, 0.4) is 0 Å². The van der Waals surface area contributed by atoms with Crippen LogP contribution in [0.15, 0.2) is 23.2 Å². The summed E-state index contributed by atoms with van der Waals surface area (Å²) in [5, 5.41) is 7.36. The van der Waals surface area contributed by atoms with Crippen molar-refractivity contribution in [3.63, 3.8) is 0 Å². The number of rotatable bonds is 5. The Morgan fingerprint density at radius 2 is 1.71 bits per heavy atom. The molecule has 174 valence electrons. The van der Waals surface area contributed by atoms with Crippen molar-refractivity contribution in [1.29, 1.82) is 0 Å². The lowest BCUT2D eigenvalue weighted by atomic mass is 9.57. The highest BCUT2D eigenvalue weighted by molar-refractivity contribution is 14.0. The summed E-state index contributed by atoms with van der Waals surface area (Å²) in [4.78, 5) is 6.91. The Balaban J connectivity index is 0.00000272. The highest BCUT2D eigenvalue weighted by Gasteiger charge is 2.59. The van der Waals surface area contributed by atoms with E-state index in [0.29, 0.717) is 24.1 Å². The number of anilines is 1. The van der Waals surface area contributed by atoms with Gasteiger partial charge in [-0.3, -0.25) is 4.99 Å². The van der Waals surface area contributed by atoms with Gasteiger partial charge in [0.15, 0.2) is 5.96 Å². The summed E-state index contributed by atoms with van der Waals surface area (Å²) >= 11 is 0. The number of hydrogen-bond acceptors (Lipinski definition) is 5. The third-order valence-electron chi connectivity index (χ3n) is 7.15. The van der Waals surface area contributed by atoms with Crippen molar-refractivity contribution < 1.29 is 14.2 Å². The van der Waals surface area contributed by atoms with E-state index in [-0.39, 0.29) is 29.4 Å². The van der Waals surface area contributed by atoms with Gasteiger partial charge in [-0.25, -0.2) is 0 Å². The first-order valence-corrected chi connectivity index (χ1v) is 11.1. The number of piperidine rings is 1. The van der Waals surface area contributed by atoms with Crippen LogP contribution < -0.4 is 25.0 Å². The van der Waals surface area contributed by atoms with E-state index in [1.54, 1.807) is 14.2 Å². The van der Waals surface area contributed by atoms with E-state index in [4.69, 9.17) is 14.2 Å². The van der Waals surface area contributed by atoms with E-state index >= 15 is 0 Å². The molecule has 2 aliphatic heterocycles. The van der Waals surface area contributed by atoms with Gasteiger partial charge in [-0.05, 0) is 19.3 Å². The number of hydrogen-bond donors (Lipinski definition) is 2. The SMILES string of the molecule is CN=C(NC1CCN(c2cc(OC)cc(OC)c2)CC1)NC1C2CCOC2C1(C)C.I. The van der Waals surface area contributed by atoms with Crippen LogP contribution >= 0.6 is 24.0 Å². The van der Waals surface area contributed by atoms with Gasteiger partial charge in [0.25, 0.3) is 0 Å². The first-order chi connectivity index (χ1) is 14.5. The molecule has 1 saturated carbocycles. The minimum atomic E-state index is 0. The van der Waals surface area contributed by atoms with E-state index in [9.17, 15) is 0 Å². The van der Waals surface area contributed by atoms with Gasteiger partial charge in [-0.1, -0.05) is 13.8 Å². The minimum Gasteiger partial charge on any atom is -0.497 e. The lowest BCUT2D eigenvalue weighted by Crippen LogP contribution is -2.68. The Bertz CT molecular complexity index is 758. The van der Waals surface area contributed by atoms with Crippen LogP contribution in [0.2, 0.25) is 0 Å². The molecule has 3 aliphatic rings. The number of ether oxygens (including phenoxy) is 3. The molecule has 0 aromatic heterocycles. The van der Waals surface area contributed by atoms with Crippen molar-refractivity contribution in [2.75, 3.05) is 45.9 Å². The molecule has 3 atom stereocenters. The highest BCUT2D eigenvalue weighted by Crippen LogP contribution is 2.52. The van der Waals surface area contributed by atoms with Crippen LogP contribution in [-0.4, -0.2) is 65.1 Å². The number of benzene rings is 1. The van der Waals surface area contributed by atoms with Gasteiger partial charge in [0.05, 0.1) is 20.3 Å². The molecule has 1 aromatic rings. The predicted octanol–water partition coefficient (Wildman–Crippen LogP) is 3.27. The van der Waals surface area contributed by atoms with Gasteiger partial charge >= 0.3 is 0 Å². The Labute approximate surface area is 203 Å². The van der Waals surface area contributed by atoms with Gasteiger partial charge in [-0.2, -0.15) is 0 Å². The lowest BCUT2D eigenvalue weighted by Gasteiger charge is -2.55. The van der Waals surface area contributed by atoms with Crippen LogP contribution in [0.5, 0.6) is 11.5 Å². The first kappa shape index (κ1) is 24.2. The van der Waals surface area contributed by atoms with Crippen molar-refractivity contribution in [2.24, 2.45) is 16.3 Å². The maximum Gasteiger partial charge on any atom is 0.191 e. The summed E-state index contributed by atoms with van der Waals surface area (Å²) in [6.07, 6.45) is 3.65. The smallest absolute Gasteiger partial charge is 0.191 e. The standard InChI is InChI=1S/C23H36N4O3.HI/c1-23(2)20(19-8-11-30-21(19)23)26-22(24-3)25-15-6-9-27(10-7-15)16-12-17(28-4)14-18(13-16)29-5;/h12-15,19-21H,6-11H2,1-5H3,(H2,24,25,26);1H. The summed E-state index contributed by atoms with van der Waals surface area (Å²) in [7, 11) is 5.24. The highest BCUT2D eigenvalue weighted by atomic mass is 127. The zero-order chi connectivity index (χ0) is 21.3. The zero-order valence-corrected chi connectivity index (χ0v) is 21.6. The Morgan fingerprint density at radius 1 is 1.06 bits per heavy atom. The molecule has 3 unspecified atom stereocenters. The molecule has 2 saturated heterocycles. The summed E-state index contributed by atoms with van der Waals surface area (Å²) in [5.74, 6) is 3.17. The van der Waals surface area contributed by atoms with Gasteiger partial charge in [0.1, 0.15) is 11.5 Å². The van der Waals surface area contributed by atoms with Gasteiger partial charge in [0.2, 0.25) is 0 Å². The van der Waals surface area contributed by atoms with Crippen LogP contribution in [0.25, 0.3) is 0 Å². The second-order valence-corrected chi connectivity index (χ2v) is 9.24. The molecule has 1 aliphatic carbocycles. The van der Waals surface area contributed by atoms with E-state index in [1.807, 2.05) is 13.1 Å². The number of nitrogens with zero attached hydrogens (tertiary/aromatic N) is 2. The quantitative estimate of drug-likeness (QED) is 0.337. The van der Waals surface area contributed by atoms with Crippen molar-refractivity contribution in [3.8, 4) is 11.5 Å². The van der Waals surface area contributed by atoms with Crippen LogP contribution in [-0.2, 0) is 4.74 Å². The third-order valence-corrected chi connectivity index (χ3v) is 7.15. The third kappa shape index (κ3) is 4.84. The number of guanidine groups is 1. The van der Waals surface area contributed by atoms with Gasteiger partial charge in [-0.15, -0.1) is 24.0 Å². The molecule has 31 heavy (non-hydrogen) atoms. The molecule has 8 heteroatoms. The molecule has 0 spiro atoms. The summed E-state index contributed by atoms with van der Waals surface area (Å²) < 4.78 is 16.8. The number of methoxy groups -OCH3 is 2. The first-order valence-electron chi connectivity index (χ1n) is 11.1. The minimum absolute atomic E-state index is 0. The molecule has 0 radical (unpaired) electrons. The normalized spacial score (nSPS) is 27.6. The fourth-order valence-electron chi connectivity index (χ4n) is 5.39. The zero-order valence-electron chi connectivity index (χ0n) is 19.3. The van der Waals surface area contributed by atoms with Crippen molar-refractivity contribution in [3.05, 3.63) is 18.2 Å². The Kier molecular flexibility index (Phi) is 7.83. The van der Waals surface area contributed by atoms with E-state index in [0.717, 1.165) is 62.1 Å². The van der Waals surface area contributed by atoms with E-state index in [2.05, 4.69) is 46.5 Å². The van der Waals surface area contributed by atoms with Crippen LogP contribution in [0.1, 0.15) is 33.1 Å². The summed E-state index contributed by atoms with van der Waals surface area (Å²) in [6.45, 7) is 7.45. The number of nitrogens with one attached hydrogen (secondary N) is 2.